The highest BCUT2D eigenvalue weighted by Gasteiger charge is 2.30. The third-order valence-corrected chi connectivity index (χ3v) is 5.82. The van der Waals surface area contributed by atoms with E-state index in [1.165, 1.54) is 36.1 Å². The van der Waals surface area contributed by atoms with Crippen molar-refractivity contribution in [3.63, 3.8) is 0 Å². The van der Waals surface area contributed by atoms with E-state index in [-0.39, 0.29) is 0 Å². The molecule has 5 nitrogen and oxygen atoms in total. The van der Waals surface area contributed by atoms with Crippen molar-refractivity contribution in [2.75, 3.05) is 13.1 Å². The molecule has 0 spiro atoms. The second-order valence-electron chi connectivity index (χ2n) is 6.81. The molecule has 1 aliphatic carbocycles. The lowest BCUT2D eigenvalue weighted by molar-refractivity contribution is 0.177. The molecule has 0 aromatic carbocycles. The third kappa shape index (κ3) is 3.82. The highest BCUT2D eigenvalue weighted by Crippen LogP contribution is 2.38. The standard InChI is InChI=1S/C17H24N4OS/c1-12-6-8-23-15(12)9-18-14-3-2-7-21(10-14)11-16-19-17(22-20-16)13-4-5-13/h6,8,13-14,18H,2-5,7,9-11H2,1H3. The third-order valence-electron chi connectivity index (χ3n) is 4.80. The lowest BCUT2D eigenvalue weighted by Gasteiger charge is -2.32. The summed E-state index contributed by atoms with van der Waals surface area (Å²) in [6.07, 6.45) is 4.90. The molecule has 2 fully saturated rings. The Labute approximate surface area is 141 Å². The Hall–Kier alpha value is -1.24. The molecule has 3 heterocycles. The van der Waals surface area contributed by atoms with Crippen molar-refractivity contribution >= 4 is 11.3 Å². The van der Waals surface area contributed by atoms with Crippen molar-refractivity contribution in [2.45, 2.75) is 57.7 Å². The molecule has 1 saturated heterocycles. The highest BCUT2D eigenvalue weighted by atomic mass is 32.1. The van der Waals surface area contributed by atoms with Crippen LogP contribution in [0.3, 0.4) is 0 Å². The summed E-state index contributed by atoms with van der Waals surface area (Å²) in [5.74, 6) is 2.24. The number of aromatic nitrogens is 2. The molecule has 1 N–H and O–H groups in total. The Balaban J connectivity index is 1.28. The second kappa shape index (κ2) is 6.71. The van der Waals surface area contributed by atoms with Crippen LogP contribution < -0.4 is 5.32 Å². The minimum Gasteiger partial charge on any atom is -0.339 e. The zero-order valence-electron chi connectivity index (χ0n) is 13.6. The van der Waals surface area contributed by atoms with Crippen LogP contribution in [0.2, 0.25) is 0 Å². The first kappa shape index (κ1) is 15.3. The van der Waals surface area contributed by atoms with Crippen molar-refractivity contribution in [1.29, 1.82) is 0 Å². The average molecular weight is 332 g/mol. The summed E-state index contributed by atoms with van der Waals surface area (Å²) >= 11 is 1.84. The van der Waals surface area contributed by atoms with Gasteiger partial charge in [0.2, 0.25) is 5.89 Å². The average Bonchev–Trinajstić information content (AvgIpc) is 3.17. The number of aryl methyl sites for hydroxylation is 1. The molecule has 124 valence electrons. The summed E-state index contributed by atoms with van der Waals surface area (Å²) in [4.78, 5) is 8.45. The predicted octanol–water partition coefficient (Wildman–Crippen LogP) is 3.07. The normalized spacial score (nSPS) is 22.6. The van der Waals surface area contributed by atoms with E-state index in [9.17, 15) is 0 Å². The Morgan fingerprint density at radius 2 is 2.30 bits per heavy atom. The smallest absolute Gasteiger partial charge is 0.229 e. The number of likely N-dealkylation sites (tertiary alicyclic amines) is 1. The van der Waals surface area contributed by atoms with Crippen LogP contribution in [-0.4, -0.2) is 34.2 Å². The summed E-state index contributed by atoms with van der Waals surface area (Å²) in [5.41, 5.74) is 1.40. The van der Waals surface area contributed by atoms with Gasteiger partial charge in [-0.2, -0.15) is 4.98 Å². The number of nitrogens with zero attached hydrogens (tertiary/aromatic N) is 3. The minimum atomic E-state index is 0.543. The molecule has 0 radical (unpaired) electrons. The maximum absolute atomic E-state index is 5.36. The first-order valence-corrected chi connectivity index (χ1v) is 9.47. The Morgan fingerprint density at radius 3 is 3.09 bits per heavy atom. The van der Waals surface area contributed by atoms with Crippen LogP contribution in [0.1, 0.15) is 53.8 Å². The summed E-state index contributed by atoms with van der Waals surface area (Å²) < 4.78 is 5.36. The van der Waals surface area contributed by atoms with Gasteiger partial charge in [0.25, 0.3) is 0 Å². The highest BCUT2D eigenvalue weighted by molar-refractivity contribution is 7.10. The lowest BCUT2D eigenvalue weighted by atomic mass is 10.1. The van der Waals surface area contributed by atoms with Crippen molar-refractivity contribution in [1.82, 2.24) is 20.4 Å². The Morgan fingerprint density at radius 1 is 1.39 bits per heavy atom. The Kier molecular flexibility index (Phi) is 4.46. The van der Waals surface area contributed by atoms with E-state index < -0.39 is 0 Å². The van der Waals surface area contributed by atoms with Crippen molar-refractivity contribution in [2.24, 2.45) is 0 Å². The van der Waals surface area contributed by atoms with E-state index in [1.807, 2.05) is 11.3 Å². The monoisotopic (exact) mass is 332 g/mol. The van der Waals surface area contributed by atoms with Gasteiger partial charge in [-0.05, 0) is 56.2 Å². The summed E-state index contributed by atoms with van der Waals surface area (Å²) in [5, 5.41) is 10.0. The van der Waals surface area contributed by atoms with Crippen molar-refractivity contribution < 1.29 is 4.52 Å². The van der Waals surface area contributed by atoms with Gasteiger partial charge in [0, 0.05) is 29.9 Å². The maximum atomic E-state index is 5.36. The molecule has 23 heavy (non-hydrogen) atoms. The summed E-state index contributed by atoms with van der Waals surface area (Å²) in [6, 6.07) is 2.75. The second-order valence-corrected chi connectivity index (χ2v) is 7.81. The molecule has 1 aliphatic heterocycles. The molecule has 1 atom stereocenters. The molecule has 1 unspecified atom stereocenters. The van der Waals surface area contributed by atoms with Gasteiger partial charge in [-0.25, -0.2) is 0 Å². The molecular weight excluding hydrogens is 308 g/mol. The van der Waals surface area contributed by atoms with Crippen LogP contribution in [0.15, 0.2) is 16.0 Å². The van der Waals surface area contributed by atoms with Crippen molar-refractivity contribution in [3.8, 4) is 0 Å². The molecule has 4 rings (SSSR count). The zero-order chi connectivity index (χ0) is 15.6. The molecule has 1 saturated carbocycles. The summed E-state index contributed by atoms with van der Waals surface area (Å²) in [6.45, 7) is 6.18. The molecule has 0 amide bonds. The van der Waals surface area contributed by atoms with Crippen LogP contribution in [0.25, 0.3) is 0 Å². The van der Waals surface area contributed by atoms with E-state index >= 15 is 0 Å². The first-order chi connectivity index (χ1) is 11.3. The van der Waals surface area contributed by atoms with Gasteiger partial charge in [0.05, 0.1) is 6.54 Å². The van der Waals surface area contributed by atoms with Crippen molar-refractivity contribution in [3.05, 3.63) is 33.6 Å². The van der Waals surface area contributed by atoms with Crippen LogP contribution in [-0.2, 0) is 13.1 Å². The van der Waals surface area contributed by atoms with E-state index in [4.69, 9.17) is 4.52 Å². The maximum Gasteiger partial charge on any atom is 0.229 e. The SMILES string of the molecule is Cc1ccsc1CNC1CCCN(Cc2noc(C3CC3)n2)C1. The molecule has 6 heteroatoms. The fraction of sp³-hybridized carbons (Fsp3) is 0.647. The van der Waals surface area contributed by atoms with Gasteiger partial charge in [0.1, 0.15) is 0 Å². The molecule has 0 bridgehead atoms. The van der Waals surface area contributed by atoms with Crippen LogP contribution >= 0.6 is 11.3 Å². The predicted molar refractivity (Wildman–Crippen MR) is 90.5 cm³/mol. The molecule has 2 aliphatic rings. The number of rotatable bonds is 6. The minimum absolute atomic E-state index is 0.543. The zero-order valence-corrected chi connectivity index (χ0v) is 14.4. The number of piperidine rings is 1. The van der Waals surface area contributed by atoms with Crippen LogP contribution in [0.4, 0.5) is 0 Å². The topological polar surface area (TPSA) is 54.2 Å². The van der Waals surface area contributed by atoms with E-state index in [0.717, 1.165) is 37.9 Å². The fourth-order valence-electron chi connectivity index (χ4n) is 3.22. The van der Waals surface area contributed by atoms with Gasteiger partial charge >= 0.3 is 0 Å². The number of hydrogen-bond donors (Lipinski definition) is 1. The number of nitrogens with one attached hydrogen (secondary N) is 1. The van der Waals surface area contributed by atoms with E-state index in [2.05, 4.69) is 38.7 Å². The van der Waals surface area contributed by atoms with E-state index in [1.54, 1.807) is 0 Å². The largest absolute Gasteiger partial charge is 0.339 e. The fourth-order valence-corrected chi connectivity index (χ4v) is 4.07. The molecule has 2 aromatic heterocycles. The van der Waals surface area contributed by atoms with Gasteiger partial charge < -0.3 is 9.84 Å². The molecular formula is C17H24N4OS. The van der Waals surface area contributed by atoms with Crippen LogP contribution in [0, 0.1) is 6.92 Å². The van der Waals surface area contributed by atoms with Crippen LogP contribution in [0.5, 0.6) is 0 Å². The van der Waals surface area contributed by atoms with E-state index in [0.29, 0.717) is 12.0 Å². The molecule has 2 aromatic rings. The van der Waals surface area contributed by atoms with Gasteiger partial charge in [-0.1, -0.05) is 5.16 Å². The summed E-state index contributed by atoms with van der Waals surface area (Å²) in [7, 11) is 0. The van der Waals surface area contributed by atoms with Gasteiger partial charge in [0.15, 0.2) is 5.82 Å². The number of hydrogen-bond acceptors (Lipinski definition) is 6. The Bertz CT molecular complexity index is 649. The van der Waals surface area contributed by atoms with Gasteiger partial charge in [-0.15, -0.1) is 11.3 Å². The lowest BCUT2D eigenvalue weighted by Crippen LogP contribution is -2.45. The van der Waals surface area contributed by atoms with Gasteiger partial charge in [-0.3, -0.25) is 4.90 Å². The quantitative estimate of drug-likeness (QED) is 0.881. The number of thiophene rings is 1. The first-order valence-electron chi connectivity index (χ1n) is 8.59.